The van der Waals surface area contributed by atoms with Gasteiger partial charge in [-0.2, -0.15) is 0 Å². The van der Waals surface area contributed by atoms with Gasteiger partial charge in [0.1, 0.15) is 5.52 Å². The fourth-order valence-corrected chi connectivity index (χ4v) is 1.95. The zero-order chi connectivity index (χ0) is 13.2. The summed E-state index contributed by atoms with van der Waals surface area (Å²) in [6.07, 6.45) is 0. The van der Waals surface area contributed by atoms with Gasteiger partial charge < -0.3 is 11.1 Å². The molecule has 0 aliphatic heterocycles. The monoisotopic (exact) mass is 274 g/mol. The first-order valence-electron chi connectivity index (χ1n) is 5.73. The maximum absolute atomic E-state index is 6.01. The van der Waals surface area contributed by atoms with E-state index in [0.717, 1.165) is 16.3 Å². The van der Waals surface area contributed by atoms with Crippen LogP contribution in [0.4, 0.5) is 11.4 Å². The van der Waals surface area contributed by atoms with Crippen molar-refractivity contribution in [1.29, 1.82) is 0 Å². The lowest BCUT2D eigenvalue weighted by atomic mass is 10.2. The minimum absolute atomic E-state index is 0.535. The van der Waals surface area contributed by atoms with Gasteiger partial charge in [0.15, 0.2) is 5.52 Å². The number of aromatic nitrogens is 2. The number of anilines is 2. The Labute approximate surface area is 114 Å². The van der Waals surface area contributed by atoms with Crippen molar-refractivity contribution in [2.45, 2.75) is 6.54 Å². The average Bonchev–Trinajstić information content (AvgIpc) is 2.89. The smallest absolute Gasteiger partial charge is 0.160 e. The molecule has 0 atom stereocenters. The number of halogens is 1. The van der Waals surface area contributed by atoms with E-state index in [9.17, 15) is 0 Å². The van der Waals surface area contributed by atoms with Crippen molar-refractivity contribution >= 4 is 34.0 Å². The van der Waals surface area contributed by atoms with Gasteiger partial charge in [-0.25, -0.2) is 4.63 Å². The molecule has 0 amide bonds. The summed E-state index contributed by atoms with van der Waals surface area (Å²) in [6.45, 7) is 0.651. The summed E-state index contributed by atoms with van der Waals surface area (Å²) in [4.78, 5) is 0. The third-order valence-electron chi connectivity index (χ3n) is 2.86. The molecule has 0 fully saturated rings. The molecule has 0 radical (unpaired) electrons. The number of hydrogen-bond acceptors (Lipinski definition) is 5. The molecule has 0 saturated carbocycles. The molecule has 0 unspecified atom stereocenters. The minimum Gasteiger partial charge on any atom is -0.395 e. The first-order valence-corrected chi connectivity index (χ1v) is 6.11. The quantitative estimate of drug-likeness (QED) is 0.718. The fraction of sp³-hybridized carbons (Fsp3) is 0.0769. The summed E-state index contributed by atoms with van der Waals surface area (Å²) in [6, 6.07) is 11.3. The first-order chi connectivity index (χ1) is 9.24. The zero-order valence-electron chi connectivity index (χ0n) is 9.93. The Hall–Kier alpha value is -2.27. The highest BCUT2D eigenvalue weighted by atomic mass is 35.5. The lowest BCUT2D eigenvalue weighted by molar-refractivity contribution is 0.315. The number of benzene rings is 2. The van der Waals surface area contributed by atoms with E-state index in [1.807, 2.05) is 36.4 Å². The molecule has 6 heteroatoms. The van der Waals surface area contributed by atoms with Crippen LogP contribution in [-0.4, -0.2) is 10.3 Å². The van der Waals surface area contributed by atoms with Crippen LogP contribution < -0.4 is 11.1 Å². The zero-order valence-corrected chi connectivity index (χ0v) is 10.7. The molecule has 0 bridgehead atoms. The second-order valence-corrected chi connectivity index (χ2v) is 4.58. The summed E-state index contributed by atoms with van der Waals surface area (Å²) in [5.41, 5.74) is 9.68. The molecule has 0 saturated heterocycles. The van der Waals surface area contributed by atoms with Gasteiger partial charge in [0.2, 0.25) is 0 Å². The van der Waals surface area contributed by atoms with E-state index in [1.54, 1.807) is 0 Å². The van der Waals surface area contributed by atoms with Crippen LogP contribution >= 0.6 is 11.6 Å². The van der Waals surface area contributed by atoms with Gasteiger partial charge >= 0.3 is 0 Å². The van der Waals surface area contributed by atoms with Crippen molar-refractivity contribution in [3.63, 3.8) is 0 Å². The Balaban J connectivity index is 1.81. The number of nitrogens with one attached hydrogen (secondary N) is 1. The van der Waals surface area contributed by atoms with Gasteiger partial charge in [0, 0.05) is 11.6 Å². The molecule has 19 heavy (non-hydrogen) atoms. The van der Waals surface area contributed by atoms with Crippen LogP contribution in [0.1, 0.15) is 5.56 Å². The lowest BCUT2D eigenvalue weighted by Crippen LogP contribution is -2.02. The highest BCUT2D eigenvalue weighted by Gasteiger charge is 2.08. The van der Waals surface area contributed by atoms with Crippen molar-refractivity contribution in [3.8, 4) is 0 Å². The largest absolute Gasteiger partial charge is 0.395 e. The maximum atomic E-state index is 6.01. The van der Waals surface area contributed by atoms with Gasteiger partial charge in [-0.05, 0) is 40.1 Å². The summed E-state index contributed by atoms with van der Waals surface area (Å²) in [5, 5.41) is 11.5. The summed E-state index contributed by atoms with van der Waals surface area (Å²) in [7, 11) is 0. The summed E-state index contributed by atoms with van der Waals surface area (Å²) in [5.74, 6) is 0. The summed E-state index contributed by atoms with van der Waals surface area (Å²) < 4.78 is 4.65. The molecule has 0 spiro atoms. The molecule has 96 valence electrons. The molecule has 0 aliphatic carbocycles. The SMILES string of the molecule is Nc1c(NCc2ccc(Cl)cc2)ccc2nonc12. The van der Waals surface area contributed by atoms with Gasteiger partial charge in [-0.3, -0.25) is 0 Å². The first kappa shape index (κ1) is 11.8. The number of fused-ring (bicyclic) bond motifs is 1. The van der Waals surface area contributed by atoms with Crippen molar-refractivity contribution in [3.05, 3.63) is 47.0 Å². The molecular weight excluding hydrogens is 264 g/mol. The van der Waals surface area contributed by atoms with Gasteiger partial charge in [-0.1, -0.05) is 23.7 Å². The number of rotatable bonds is 3. The van der Waals surface area contributed by atoms with E-state index in [0.29, 0.717) is 23.3 Å². The average molecular weight is 275 g/mol. The van der Waals surface area contributed by atoms with E-state index < -0.39 is 0 Å². The Morgan fingerprint density at radius 1 is 1.11 bits per heavy atom. The van der Waals surface area contributed by atoms with Crippen LogP contribution in [-0.2, 0) is 6.54 Å². The van der Waals surface area contributed by atoms with Gasteiger partial charge in [0.05, 0.1) is 11.4 Å². The van der Waals surface area contributed by atoms with Crippen molar-refractivity contribution < 1.29 is 4.63 Å². The van der Waals surface area contributed by atoms with Crippen LogP contribution in [0.2, 0.25) is 5.02 Å². The predicted molar refractivity (Wildman–Crippen MR) is 75.0 cm³/mol. The minimum atomic E-state index is 0.535. The summed E-state index contributed by atoms with van der Waals surface area (Å²) >= 11 is 5.84. The molecule has 3 rings (SSSR count). The maximum Gasteiger partial charge on any atom is 0.160 e. The highest BCUT2D eigenvalue weighted by Crippen LogP contribution is 2.26. The van der Waals surface area contributed by atoms with E-state index >= 15 is 0 Å². The Bertz CT molecular complexity index is 708. The second-order valence-electron chi connectivity index (χ2n) is 4.14. The molecule has 1 aromatic heterocycles. The normalized spacial score (nSPS) is 10.8. The number of hydrogen-bond donors (Lipinski definition) is 2. The molecule has 3 aromatic rings. The van der Waals surface area contributed by atoms with Crippen LogP contribution in [0.15, 0.2) is 41.0 Å². The molecule has 0 aliphatic rings. The molecule has 3 N–H and O–H groups in total. The van der Waals surface area contributed by atoms with Crippen LogP contribution in [0.25, 0.3) is 11.0 Å². The lowest BCUT2D eigenvalue weighted by Gasteiger charge is -2.09. The number of nitrogens with zero attached hydrogens (tertiary/aromatic N) is 2. The van der Waals surface area contributed by atoms with Crippen LogP contribution in [0.5, 0.6) is 0 Å². The van der Waals surface area contributed by atoms with E-state index in [-0.39, 0.29) is 0 Å². The third kappa shape index (κ3) is 2.32. The topological polar surface area (TPSA) is 77.0 Å². The molecular formula is C13H11ClN4O. The third-order valence-corrected chi connectivity index (χ3v) is 3.12. The molecule has 2 aromatic carbocycles. The predicted octanol–water partition coefficient (Wildman–Crippen LogP) is 3.07. The molecule has 5 nitrogen and oxygen atoms in total. The van der Waals surface area contributed by atoms with Crippen LogP contribution in [0, 0.1) is 0 Å². The Morgan fingerprint density at radius 3 is 2.68 bits per heavy atom. The highest BCUT2D eigenvalue weighted by molar-refractivity contribution is 6.30. The Kier molecular flexibility index (Phi) is 2.97. The van der Waals surface area contributed by atoms with Crippen molar-refractivity contribution in [2.24, 2.45) is 0 Å². The van der Waals surface area contributed by atoms with Gasteiger partial charge in [0.25, 0.3) is 0 Å². The fourth-order valence-electron chi connectivity index (χ4n) is 1.83. The van der Waals surface area contributed by atoms with Crippen molar-refractivity contribution in [1.82, 2.24) is 10.3 Å². The van der Waals surface area contributed by atoms with E-state index in [2.05, 4.69) is 20.3 Å². The second kappa shape index (κ2) is 4.78. The molecule has 1 heterocycles. The van der Waals surface area contributed by atoms with E-state index in [4.69, 9.17) is 17.3 Å². The standard InChI is InChI=1S/C13H11ClN4O/c14-9-3-1-8(2-4-9)7-16-10-5-6-11-13(12(10)15)18-19-17-11/h1-6,16H,7,15H2. The number of nitrogens with two attached hydrogens (primary N) is 1. The van der Waals surface area contributed by atoms with E-state index in [1.165, 1.54) is 0 Å². The van der Waals surface area contributed by atoms with Crippen molar-refractivity contribution in [2.75, 3.05) is 11.1 Å². The Morgan fingerprint density at radius 2 is 1.89 bits per heavy atom. The van der Waals surface area contributed by atoms with Crippen LogP contribution in [0.3, 0.4) is 0 Å². The van der Waals surface area contributed by atoms with Gasteiger partial charge in [-0.15, -0.1) is 0 Å². The number of nitrogen functional groups attached to an aromatic ring is 1.